The van der Waals surface area contributed by atoms with Crippen LogP contribution in [0.4, 0.5) is 18.9 Å². The van der Waals surface area contributed by atoms with Crippen LogP contribution in [-0.4, -0.2) is 18.2 Å². The molecule has 3 aromatic rings. The number of sulfonamides is 1. The van der Waals surface area contributed by atoms with Crippen LogP contribution in [0, 0.1) is 0 Å². The first-order chi connectivity index (χ1) is 13.2. The highest BCUT2D eigenvalue weighted by Gasteiger charge is 2.38. The van der Waals surface area contributed by atoms with Gasteiger partial charge in [0, 0.05) is 7.05 Å². The van der Waals surface area contributed by atoms with Crippen molar-refractivity contribution in [1.82, 2.24) is 9.78 Å². The summed E-state index contributed by atoms with van der Waals surface area (Å²) < 4.78 is 72.2. The van der Waals surface area contributed by atoms with Crippen LogP contribution in [0.15, 0.2) is 65.7 Å². The number of nitrogens with one attached hydrogen (secondary N) is 1. The summed E-state index contributed by atoms with van der Waals surface area (Å²) in [5.41, 5.74) is -0.879. The number of nitrogens with zero attached hydrogens (tertiary/aromatic N) is 2. The van der Waals surface area contributed by atoms with Crippen LogP contribution >= 0.6 is 0 Å². The average molecular weight is 411 g/mol. The fraction of sp³-hybridized carbons (Fsp3) is 0.167. The Balaban J connectivity index is 1.74. The molecule has 0 aliphatic carbocycles. The van der Waals surface area contributed by atoms with Crippen LogP contribution in [-0.2, 0) is 29.9 Å². The molecule has 148 valence electrons. The molecule has 10 heteroatoms. The molecule has 0 amide bonds. The molecule has 3 rings (SSSR count). The third-order valence-electron chi connectivity index (χ3n) is 3.83. The Kier molecular flexibility index (Phi) is 5.32. The minimum atomic E-state index is -4.75. The van der Waals surface area contributed by atoms with Gasteiger partial charge < -0.3 is 4.74 Å². The molecule has 28 heavy (non-hydrogen) atoms. The van der Waals surface area contributed by atoms with E-state index < -0.39 is 27.6 Å². The number of ether oxygens (including phenoxy) is 1. The number of rotatable bonds is 6. The molecular formula is C18H16F3N3O3S. The molecule has 0 atom stereocenters. The second-order valence-electron chi connectivity index (χ2n) is 5.88. The number of anilines is 1. The highest BCUT2D eigenvalue weighted by Crippen LogP contribution is 2.35. The van der Waals surface area contributed by atoms with E-state index in [1.165, 1.54) is 24.3 Å². The molecule has 0 saturated heterocycles. The van der Waals surface area contributed by atoms with Crippen molar-refractivity contribution in [3.8, 4) is 5.75 Å². The van der Waals surface area contributed by atoms with Crippen LogP contribution in [0.2, 0.25) is 0 Å². The number of aryl methyl sites for hydroxylation is 1. The largest absolute Gasteiger partial charge is 0.489 e. The number of hydrogen-bond donors (Lipinski definition) is 1. The van der Waals surface area contributed by atoms with Crippen LogP contribution in [0.25, 0.3) is 0 Å². The van der Waals surface area contributed by atoms with Crippen molar-refractivity contribution in [1.29, 1.82) is 0 Å². The second kappa shape index (κ2) is 7.55. The molecule has 1 aromatic heterocycles. The summed E-state index contributed by atoms with van der Waals surface area (Å²) in [5.74, 6) is 0.431. The van der Waals surface area contributed by atoms with Crippen molar-refractivity contribution >= 4 is 15.7 Å². The lowest BCUT2D eigenvalue weighted by Crippen LogP contribution is -2.18. The fourth-order valence-electron chi connectivity index (χ4n) is 2.51. The Morgan fingerprint density at radius 3 is 2.32 bits per heavy atom. The average Bonchev–Trinajstić information content (AvgIpc) is 3.01. The fourth-order valence-corrected chi connectivity index (χ4v) is 3.56. The first-order valence-electron chi connectivity index (χ1n) is 8.05. The Hall–Kier alpha value is -3.01. The summed E-state index contributed by atoms with van der Waals surface area (Å²) in [7, 11) is -3.14. The van der Waals surface area contributed by atoms with Gasteiger partial charge in [0.05, 0.1) is 16.8 Å². The van der Waals surface area contributed by atoms with E-state index in [0.29, 0.717) is 17.0 Å². The number of alkyl halides is 3. The highest BCUT2D eigenvalue weighted by atomic mass is 32.2. The monoisotopic (exact) mass is 411 g/mol. The van der Waals surface area contributed by atoms with Gasteiger partial charge in [0.1, 0.15) is 12.4 Å². The van der Waals surface area contributed by atoms with E-state index in [1.54, 1.807) is 0 Å². The summed E-state index contributed by atoms with van der Waals surface area (Å²) in [6.45, 7) is 0.301. The van der Waals surface area contributed by atoms with Gasteiger partial charge in [-0.25, -0.2) is 8.42 Å². The van der Waals surface area contributed by atoms with E-state index in [9.17, 15) is 21.6 Å². The first-order valence-corrected chi connectivity index (χ1v) is 9.54. The molecule has 0 aliphatic heterocycles. The zero-order valence-electron chi connectivity index (χ0n) is 14.6. The molecule has 6 nitrogen and oxygen atoms in total. The zero-order chi connectivity index (χ0) is 20.4. The molecule has 2 aromatic carbocycles. The maximum Gasteiger partial charge on any atom is 0.435 e. The van der Waals surface area contributed by atoms with E-state index in [2.05, 4.69) is 5.10 Å². The SMILES string of the molecule is Cn1ncc(NS(=O)(=O)c2ccc(OCc3ccccc3)cc2)c1C(F)(F)F. The van der Waals surface area contributed by atoms with Crippen LogP contribution < -0.4 is 9.46 Å². The van der Waals surface area contributed by atoms with Gasteiger partial charge in [-0.2, -0.15) is 18.3 Å². The maximum absolute atomic E-state index is 13.1. The van der Waals surface area contributed by atoms with Crippen molar-refractivity contribution in [3.05, 3.63) is 72.1 Å². The number of aromatic nitrogens is 2. The molecule has 0 radical (unpaired) electrons. The van der Waals surface area contributed by atoms with Gasteiger partial charge in [-0.3, -0.25) is 9.40 Å². The van der Waals surface area contributed by atoms with E-state index >= 15 is 0 Å². The number of hydrogen-bond acceptors (Lipinski definition) is 4. The van der Waals surface area contributed by atoms with E-state index in [4.69, 9.17) is 4.74 Å². The Morgan fingerprint density at radius 2 is 1.71 bits per heavy atom. The second-order valence-corrected chi connectivity index (χ2v) is 7.56. The van der Waals surface area contributed by atoms with Crippen LogP contribution in [0.5, 0.6) is 5.75 Å². The van der Waals surface area contributed by atoms with Crippen LogP contribution in [0.3, 0.4) is 0 Å². The molecule has 1 heterocycles. The number of halogens is 3. The van der Waals surface area contributed by atoms with E-state index in [-0.39, 0.29) is 4.90 Å². The molecule has 0 unspecified atom stereocenters. The minimum absolute atomic E-state index is 0.198. The smallest absolute Gasteiger partial charge is 0.435 e. The number of benzene rings is 2. The lowest BCUT2D eigenvalue weighted by molar-refractivity contribution is -0.143. The Morgan fingerprint density at radius 1 is 1.07 bits per heavy atom. The van der Waals surface area contributed by atoms with Gasteiger partial charge in [-0.05, 0) is 29.8 Å². The summed E-state index contributed by atoms with van der Waals surface area (Å²) in [6, 6.07) is 14.8. The van der Waals surface area contributed by atoms with Crippen LogP contribution in [0.1, 0.15) is 11.3 Å². The molecular weight excluding hydrogens is 395 g/mol. The van der Waals surface area contributed by atoms with Gasteiger partial charge in [-0.15, -0.1) is 0 Å². The lowest BCUT2D eigenvalue weighted by atomic mass is 10.2. The zero-order valence-corrected chi connectivity index (χ0v) is 15.5. The van der Waals surface area contributed by atoms with Gasteiger partial charge >= 0.3 is 6.18 Å². The summed E-state index contributed by atoms with van der Waals surface area (Å²) in [5, 5.41) is 3.48. The lowest BCUT2D eigenvalue weighted by Gasteiger charge is -2.12. The van der Waals surface area contributed by atoms with Crippen molar-refractivity contribution < 1.29 is 26.3 Å². The maximum atomic E-state index is 13.1. The summed E-state index contributed by atoms with van der Waals surface area (Å²) >= 11 is 0. The van der Waals surface area contributed by atoms with Crippen molar-refractivity contribution in [3.63, 3.8) is 0 Å². The van der Waals surface area contributed by atoms with Gasteiger partial charge in [-0.1, -0.05) is 30.3 Å². The highest BCUT2D eigenvalue weighted by molar-refractivity contribution is 7.92. The third kappa shape index (κ3) is 4.45. The quantitative estimate of drug-likeness (QED) is 0.669. The molecule has 0 spiro atoms. The van der Waals surface area contributed by atoms with Crippen molar-refractivity contribution in [2.24, 2.45) is 7.05 Å². The molecule has 0 aliphatic rings. The van der Waals surface area contributed by atoms with E-state index in [1.807, 2.05) is 35.1 Å². The topological polar surface area (TPSA) is 73.2 Å². The predicted octanol–water partition coefficient (Wildman–Crippen LogP) is 3.82. The predicted molar refractivity (Wildman–Crippen MR) is 96.2 cm³/mol. The molecule has 0 fully saturated rings. The summed E-state index contributed by atoms with van der Waals surface area (Å²) in [6.07, 6.45) is -3.93. The first kappa shape index (κ1) is 19.7. The third-order valence-corrected chi connectivity index (χ3v) is 5.22. The Labute approximate surface area is 159 Å². The molecule has 1 N–H and O–H groups in total. The van der Waals surface area contributed by atoms with Gasteiger partial charge in [0.15, 0.2) is 5.69 Å². The molecule has 0 saturated carbocycles. The normalized spacial score (nSPS) is 12.0. The van der Waals surface area contributed by atoms with Crippen molar-refractivity contribution in [2.45, 2.75) is 17.7 Å². The summed E-state index contributed by atoms with van der Waals surface area (Å²) in [4.78, 5) is -0.198. The Bertz CT molecular complexity index is 1050. The molecule has 0 bridgehead atoms. The van der Waals surface area contributed by atoms with Crippen molar-refractivity contribution in [2.75, 3.05) is 4.72 Å². The standard InChI is InChI=1S/C18H16F3N3O3S/c1-24-17(18(19,20)21)16(11-22-24)23-28(25,26)15-9-7-14(8-10-15)27-12-13-5-3-2-4-6-13/h2-11,23H,12H2,1H3. The van der Waals surface area contributed by atoms with Gasteiger partial charge in [0.25, 0.3) is 10.0 Å². The van der Waals surface area contributed by atoms with Gasteiger partial charge in [0.2, 0.25) is 0 Å². The van der Waals surface area contributed by atoms with E-state index in [0.717, 1.165) is 18.8 Å². The minimum Gasteiger partial charge on any atom is -0.489 e.